The van der Waals surface area contributed by atoms with Crippen LogP contribution < -0.4 is 4.74 Å². The summed E-state index contributed by atoms with van der Waals surface area (Å²) in [6, 6.07) is 11.6. The van der Waals surface area contributed by atoms with Crippen LogP contribution in [0.3, 0.4) is 0 Å². The number of halogens is 2. The molecular weight excluding hydrogens is 363 g/mol. The minimum Gasteiger partial charge on any atom is -0.486 e. The van der Waals surface area contributed by atoms with Gasteiger partial charge in [0.05, 0.1) is 10.0 Å². The van der Waals surface area contributed by atoms with Gasteiger partial charge in [0.2, 0.25) is 0 Å². The summed E-state index contributed by atoms with van der Waals surface area (Å²) >= 11 is 12.0. The summed E-state index contributed by atoms with van der Waals surface area (Å²) in [7, 11) is 0. The van der Waals surface area contributed by atoms with Gasteiger partial charge in [0, 0.05) is 16.7 Å². The Labute approximate surface area is 154 Å². The molecule has 1 aliphatic carbocycles. The summed E-state index contributed by atoms with van der Waals surface area (Å²) in [4.78, 5) is 23.5. The van der Waals surface area contributed by atoms with Crippen LogP contribution in [0.1, 0.15) is 28.8 Å². The molecule has 0 spiro atoms. The van der Waals surface area contributed by atoms with Crippen molar-refractivity contribution in [3.05, 3.63) is 75.3 Å². The van der Waals surface area contributed by atoms with Crippen LogP contribution in [0.15, 0.2) is 54.1 Å². The number of rotatable bonds is 5. The predicted molar refractivity (Wildman–Crippen MR) is 95.7 cm³/mol. The molecule has 25 heavy (non-hydrogen) atoms. The Balaban J connectivity index is 1.73. The minimum absolute atomic E-state index is 0.229. The molecule has 6 heteroatoms. The monoisotopic (exact) mass is 376 g/mol. The lowest BCUT2D eigenvalue weighted by atomic mass is 10.0. The normalized spacial score (nSPS) is 16.4. The first kappa shape index (κ1) is 17.5. The van der Waals surface area contributed by atoms with Crippen LogP contribution in [0, 0.1) is 0 Å². The Kier molecular flexibility index (Phi) is 5.11. The van der Waals surface area contributed by atoms with Crippen molar-refractivity contribution in [3.8, 4) is 5.75 Å². The smallest absolute Gasteiger partial charge is 0.331 e. The summed E-state index contributed by atoms with van der Waals surface area (Å²) in [6.45, 7) is 0. The SMILES string of the molecule is O=C(O)C1=C[C@@H](Oc2ccc(C(=O)c3cccc(Cl)c3Cl)cc2)CC1. The Morgan fingerprint density at radius 1 is 1.08 bits per heavy atom. The maximum Gasteiger partial charge on any atom is 0.331 e. The van der Waals surface area contributed by atoms with Gasteiger partial charge in [-0.3, -0.25) is 4.79 Å². The molecular formula is C19H14Cl2O4. The number of carboxylic acid groups (broad SMARTS) is 1. The zero-order valence-electron chi connectivity index (χ0n) is 13.0. The Bertz CT molecular complexity index is 856. The molecule has 0 fully saturated rings. The van der Waals surface area contributed by atoms with E-state index in [0.29, 0.717) is 40.3 Å². The van der Waals surface area contributed by atoms with Gasteiger partial charge >= 0.3 is 5.97 Å². The van der Waals surface area contributed by atoms with Crippen molar-refractivity contribution in [1.82, 2.24) is 0 Å². The average molecular weight is 377 g/mol. The molecule has 3 rings (SSSR count). The number of benzene rings is 2. The Morgan fingerprint density at radius 3 is 2.44 bits per heavy atom. The Morgan fingerprint density at radius 2 is 1.80 bits per heavy atom. The number of ether oxygens (including phenoxy) is 1. The van der Waals surface area contributed by atoms with Crippen LogP contribution in [-0.4, -0.2) is 23.0 Å². The first-order valence-corrected chi connectivity index (χ1v) is 8.40. The molecule has 0 radical (unpaired) electrons. The highest BCUT2D eigenvalue weighted by Crippen LogP contribution is 2.28. The average Bonchev–Trinajstić information content (AvgIpc) is 3.06. The number of carbonyl (C=O) groups excluding carboxylic acids is 1. The van der Waals surface area contributed by atoms with Gasteiger partial charge in [-0.25, -0.2) is 4.79 Å². The third-order valence-corrected chi connectivity index (χ3v) is 4.78. The van der Waals surface area contributed by atoms with Gasteiger partial charge in [-0.2, -0.15) is 0 Å². The second kappa shape index (κ2) is 7.30. The number of carbonyl (C=O) groups is 2. The number of hydrogen-bond acceptors (Lipinski definition) is 3. The third kappa shape index (κ3) is 3.86. The first-order valence-electron chi connectivity index (χ1n) is 7.65. The fraction of sp³-hybridized carbons (Fsp3) is 0.158. The lowest BCUT2D eigenvalue weighted by molar-refractivity contribution is -0.132. The standard InChI is InChI=1S/C19H14Cl2O4/c20-16-3-1-2-15(17(16)21)18(22)11-4-7-13(8-5-11)25-14-9-6-12(10-14)19(23)24/h1-5,7-8,10,14H,6,9H2,(H,23,24)/t14-/m0/s1. The highest BCUT2D eigenvalue weighted by molar-refractivity contribution is 6.44. The summed E-state index contributed by atoms with van der Waals surface area (Å²) in [5.41, 5.74) is 1.17. The molecule has 0 aromatic heterocycles. The molecule has 0 heterocycles. The largest absolute Gasteiger partial charge is 0.486 e. The zero-order valence-corrected chi connectivity index (χ0v) is 14.6. The van der Waals surface area contributed by atoms with Crippen molar-refractivity contribution in [2.24, 2.45) is 0 Å². The molecule has 1 atom stereocenters. The van der Waals surface area contributed by atoms with E-state index in [2.05, 4.69) is 0 Å². The van der Waals surface area contributed by atoms with Gasteiger partial charge in [0.15, 0.2) is 5.78 Å². The van der Waals surface area contributed by atoms with Crippen LogP contribution in [0.4, 0.5) is 0 Å². The van der Waals surface area contributed by atoms with Crippen LogP contribution in [0.2, 0.25) is 10.0 Å². The topological polar surface area (TPSA) is 63.6 Å². The van der Waals surface area contributed by atoms with Gasteiger partial charge < -0.3 is 9.84 Å². The molecule has 128 valence electrons. The van der Waals surface area contributed by atoms with E-state index in [0.717, 1.165) is 0 Å². The van der Waals surface area contributed by atoms with E-state index in [-0.39, 0.29) is 16.9 Å². The predicted octanol–water partition coefficient (Wildman–Crippen LogP) is 4.78. The van der Waals surface area contributed by atoms with Crippen LogP contribution in [0.5, 0.6) is 5.75 Å². The first-order chi connectivity index (χ1) is 12.0. The summed E-state index contributed by atoms with van der Waals surface area (Å²) in [6.07, 6.45) is 2.47. The quantitative estimate of drug-likeness (QED) is 0.762. The van der Waals surface area contributed by atoms with Gasteiger partial charge in [0.1, 0.15) is 11.9 Å². The molecule has 1 aliphatic rings. The van der Waals surface area contributed by atoms with Crippen molar-refractivity contribution in [2.45, 2.75) is 18.9 Å². The van der Waals surface area contributed by atoms with Crippen molar-refractivity contribution in [1.29, 1.82) is 0 Å². The molecule has 1 N–H and O–H groups in total. The van der Waals surface area contributed by atoms with Crippen LogP contribution in [-0.2, 0) is 4.79 Å². The van der Waals surface area contributed by atoms with Crippen molar-refractivity contribution in [3.63, 3.8) is 0 Å². The van der Waals surface area contributed by atoms with Crippen molar-refractivity contribution in [2.75, 3.05) is 0 Å². The van der Waals surface area contributed by atoms with Gasteiger partial charge in [-0.1, -0.05) is 29.3 Å². The van der Waals surface area contributed by atoms with Crippen molar-refractivity contribution < 1.29 is 19.4 Å². The second-order valence-corrected chi connectivity index (χ2v) is 6.43. The van der Waals surface area contributed by atoms with E-state index in [1.165, 1.54) is 0 Å². The third-order valence-electron chi connectivity index (χ3n) is 3.96. The molecule has 0 aliphatic heterocycles. The van der Waals surface area contributed by atoms with E-state index in [9.17, 15) is 9.59 Å². The maximum absolute atomic E-state index is 12.5. The van der Waals surface area contributed by atoms with Crippen LogP contribution in [0.25, 0.3) is 0 Å². The second-order valence-electron chi connectivity index (χ2n) is 5.65. The molecule has 2 aromatic rings. The molecule has 4 nitrogen and oxygen atoms in total. The van der Waals surface area contributed by atoms with E-state index >= 15 is 0 Å². The molecule has 0 saturated carbocycles. The fourth-order valence-electron chi connectivity index (χ4n) is 2.65. The molecule has 0 saturated heterocycles. The van der Waals surface area contributed by atoms with Gasteiger partial charge in [-0.05, 0) is 55.3 Å². The Hall–Kier alpha value is -2.30. The van der Waals surface area contributed by atoms with E-state index in [1.54, 1.807) is 48.5 Å². The summed E-state index contributed by atoms with van der Waals surface area (Å²) in [5, 5.41) is 9.52. The molecule has 0 bridgehead atoms. The van der Waals surface area contributed by atoms with E-state index in [1.807, 2.05) is 0 Å². The maximum atomic E-state index is 12.5. The zero-order chi connectivity index (χ0) is 18.0. The highest BCUT2D eigenvalue weighted by atomic mass is 35.5. The van der Waals surface area contributed by atoms with Crippen LogP contribution >= 0.6 is 23.2 Å². The van der Waals surface area contributed by atoms with Crippen molar-refractivity contribution >= 4 is 35.0 Å². The minimum atomic E-state index is -0.912. The number of hydrogen-bond donors (Lipinski definition) is 1. The van der Waals surface area contributed by atoms with E-state index in [4.69, 9.17) is 33.0 Å². The van der Waals surface area contributed by atoms with E-state index < -0.39 is 5.97 Å². The molecule has 2 aromatic carbocycles. The highest BCUT2D eigenvalue weighted by Gasteiger charge is 2.21. The van der Waals surface area contributed by atoms with Gasteiger partial charge in [-0.15, -0.1) is 0 Å². The number of carboxylic acids is 1. The fourth-order valence-corrected chi connectivity index (χ4v) is 3.04. The number of ketones is 1. The lowest BCUT2D eigenvalue weighted by Gasteiger charge is -2.12. The summed E-state index contributed by atoms with van der Waals surface area (Å²) < 4.78 is 5.74. The lowest BCUT2D eigenvalue weighted by Crippen LogP contribution is -2.10. The van der Waals surface area contributed by atoms with Gasteiger partial charge in [0.25, 0.3) is 0 Å². The molecule has 0 amide bonds. The summed E-state index contributed by atoms with van der Waals surface area (Å²) in [5.74, 6) is -0.569. The number of aliphatic carboxylic acids is 1. The molecule has 0 unspecified atom stereocenters.